The molecular weight excluding hydrogens is 443 g/mol. The maximum atomic E-state index is 10.2. The predicted octanol–water partition coefficient (Wildman–Crippen LogP) is 6.71. The maximum absolute atomic E-state index is 10.2. The molecule has 1 N–H and O–H groups in total. The van der Waals surface area contributed by atoms with Gasteiger partial charge in [-0.15, -0.1) is 0 Å². The van der Waals surface area contributed by atoms with Gasteiger partial charge < -0.3 is 0 Å². The third-order valence-electron chi connectivity index (χ3n) is 7.52. The molecule has 0 spiro atoms. The van der Waals surface area contributed by atoms with Gasteiger partial charge in [0, 0.05) is 0 Å². The monoisotopic (exact) mass is 482 g/mol. The molecule has 3 aromatic carbocycles. The molecule has 0 heterocycles. The predicted molar refractivity (Wildman–Crippen MR) is 156 cm³/mol. The van der Waals surface area contributed by atoms with Crippen LogP contribution in [0.25, 0.3) is 0 Å². The second kappa shape index (κ2) is 10.9. The molecule has 1 atom stereocenters. The van der Waals surface area contributed by atoms with Crippen molar-refractivity contribution in [2.24, 2.45) is 5.41 Å². The summed E-state index contributed by atoms with van der Waals surface area (Å²) < 4.78 is 0. The normalized spacial score (nSPS) is 19.2. The fourth-order valence-corrected chi connectivity index (χ4v) is 10.4. The first kappa shape index (κ1) is 25.4. The van der Waals surface area contributed by atoms with E-state index >= 15 is 0 Å². The van der Waals surface area contributed by atoms with E-state index in [-0.39, 0.29) is 11.5 Å². The van der Waals surface area contributed by atoms with Crippen molar-refractivity contribution in [3.63, 3.8) is 0 Å². The molecule has 0 saturated carbocycles. The van der Waals surface area contributed by atoms with Crippen molar-refractivity contribution in [3.8, 4) is 0 Å². The Morgan fingerprint density at radius 3 is 1.74 bits per heavy atom. The van der Waals surface area contributed by atoms with Gasteiger partial charge in [-0.05, 0) is 0 Å². The van der Waals surface area contributed by atoms with Gasteiger partial charge in [-0.25, -0.2) is 0 Å². The van der Waals surface area contributed by atoms with Crippen LogP contribution in [0.15, 0.2) is 126 Å². The molecule has 0 fully saturated rings. The van der Waals surface area contributed by atoms with Crippen LogP contribution in [0, 0.1) is 5.41 Å². The first-order valence-electron chi connectivity index (χ1n) is 12.7. The van der Waals surface area contributed by atoms with E-state index < -0.39 is 7.26 Å². The summed E-state index contributed by atoms with van der Waals surface area (Å²) in [5.41, 5.74) is 3.95. The first-order chi connectivity index (χ1) is 16.8. The number of allylic oxidation sites excluding steroid dienone is 5. The third-order valence-corrected chi connectivity index (χ3v) is 12.3. The molecule has 0 bridgehead atoms. The van der Waals surface area contributed by atoms with Crippen molar-refractivity contribution >= 4 is 23.2 Å². The Morgan fingerprint density at radius 2 is 1.31 bits per heavy atom. The fourth-order valence-electron chi connectivity index (χ4n) is 5.80. The molecule has 0 saturated heterocycles. The number of hydrogen-bond acceptors (Lipinski definition) is 1. The van der Waals surface area contributed by atoms with Gasteiger partial charge in [-0.1, -0.05) is 0 Å². The molecule has 182 valence electrons. The number of aliphatic hydroxyl groups excluding tert-OH is 1. The number of hydrogen-bond donors (Lipinski definition) is 1. The number of benzene rings is 3. The van der Waals surface area contributed by atoms with Gasteiger partial charge in [0.1, 0.15) is 0 Å². The van der Waals surface area contributed by atoms with Crippen LogP contribution in [0.2, 0.25) is 0 Å². The SMILES string of the molecule is CC1=C(/C=C/C(C)=C\C[PH](c2ccccc2)(c2ccccc2)c2ccccc2)C(C)(C)C[C@H](O)C1. The zero-order valence-corrected chi connectivity index (χ0v) is 22.5. The summed E-state index contributed by atoms with van der Waals surface area (Å²) in [6.45, 7) is 8.88. The Morgan fingerprint density at radius 1 is 0.857 bits per heavy atom. The van der Waals surface area contributed by atoms with Crippen LogP contribution in [0.3, 0.4) is 0 Å². The molecule has 0 unspecified atom stereocenters. The van der Waals surface area contributed by atoms with E-state index in [1.807, 2.05) is 0 Å². The van der Waals surface area contributed by atoms with Gasteiger partial charge in [0.2, 0.25) is 0 Å². The van der Waals surface area contributed by atoms with Gasteiger partial charge in [0.05, 0.1) is 0 Å². The third kappa shape index (κ3) is 5.58. The van der Waals surface area contributed by atoms with Gasteiger partial charge in [0.15, 0.2) is 0 Å². The van der Waals surface area contributed by atoms with Crippen LogP contribution in [0.5, 0.6) is 0 Å². The zero-order chi connectivity index (χ0) is 24.9. The summed E-state index contributed by atoms with van der Waals surface area (Å²) in [7, 11) is -2.26. The minimum atomic E-state index is -2.26. The summed E-state index contributed by atoms with van der Waals surface area (Å²) in [6.07, 6.45) is 9.38. The second-order valence-electron chi connectivity index (χ2n) is 10.6. The second-order valence-corrected chi connectivity index (χ2v) is 14.6. The van der Waals surface area contributed by atoms with Crippen LogP contribution in [0.1, 0.15) is 40.5 Å². The molecular formula is C33H39OP. The molecule has 0 aromatic heterocycles. The van der Waals surface area contributed by atoms with Crippen LogP contribution < -0.4 is 15.9 Å². The summed E-state index contributed by atoms with van der Waals surface area (Å²) in [5.74, 6) is 0. The van der Waals surface area contributed by atoms with Gasteiger partial charge in [-0.3, -0.25) is 0 Å². The van der Waals surface area contributed by atoms with Crippen molar-refractivity contribution in [3.05, 3.63) is 126 Å². The van der Waals surface area contributed by atoms with E-state index in [4.69, 9.17) is 0 Å². The number of aliphatic hydroxyl groups is 1. The fraction of sp³-hybridized carbons (Fsp3) is 0.273. The van der Waals surface area contributed by atoms with E-state index in [1.54, 1.807) is 0 Å². The Kier molecular flexibility index (Phi) is 7.90. The molecule has 1 aliphatic rings. The van der Waals surface area contributed by atoms with E-state index in [0.717, 1.165) is 19.0 Å². The molecule has 2 heteroatoms. The summed E-state index contributed by atoms with van der Waals surface area (Å²) in [4.78, 5) is 0. The quantitative estimate of drug-likeness (QED) is 0.293. The van der Waals surface area contributed by atoms with Crippen LogP contribution >= 0.6 is 7.26 Å². The van der Waals surface area contributed by atoms with Gasteiger partial charge in [0.25, 0.3) is 0 Å². The topological polar surface area (TPSA) is 20.2 Å². The molecule has 0 aliphatic heterocycles. The van der Waals surface area contributed by atoms with Crippen molar-refractivity contribution < 1.29 is 5.11 Å². The molecule has 0 radical (unpaired) electrons. The summed E-state index contributed by atoms with van der Waals surface area (Å²) in [6, 6.07) is 33.3. The summed E-state index contributed by atoms with van der Waals surface area (Å²) in [5, 5.41) is 14.6. The minimum absolute atomic E-state index is 0.00481. The molecule has 1 nitrogen and oxygen atoms in total. The Bertz CT molecular complexity index is 1110. The van der Waals surface area contributed by atoms with E-state index in [1.165, 1.54) is 32.6 Å². The van der Waals surface area contributed by atoms with Crippen molar-refractivity contribution in [1.82, 2.24) is 0 Å². The van der Waals surface area contributed by atoms with Gasteiger partial charge in [-0.2, -0.15) is 0 Å². The Labute approximate surface area is 212 Å². The molecule has 35 heavy (non-hydrogen) atoms. The van der Waals surface area contributed by atoms with Crippen molar-refractivity contribution in [2.45, 2.75) is 46.6 Å². The molecule has 4 rings (SSSR count). The van der Waals surface area contributed by atoms with Crippen LogP contribution in [-0.4, -0.2) is 17.4 Å². The van der Waals surface area contributed by atoms with Gasteiger partial charge >= 0.3 is 212 Å². The molecule has 1 aliphatic carbocycles. The van der Waals surface area contributed by atoms with E-state index in [2.05, 4.69) is 137 Å². The first-order valence-corrected chi connectivity index (χ1v) is 14.9. The van der Waals surface area contributed by atoms with Crippen molar-refractivity contribution in [1.29, 1.82) is 0 Å². The Balaban J connectivity index is 1.76. The average Bonchev–Trinajstić information content (AvgIpc) is 2.85. The average molecular weight is 483 g/mol. The number of rotatable bonds is 7. The van der Waals surface area contributed by atoms with E-state index in [0.29, 0.717) is 0 Å². The van der Waals surface area contributed by atoms with Crippen LogP contribution in [0.4, 0.5) is 0 Å². The standard InChI is InChI=1S/C33H39OP/c1-26(20-21-32-27(2)24-28(34)25-33(32,3)4)22-23-35(29-14-8-5-9-15-29,30-16-10-6-11-17-30)31-18-12-7-13-19-31/h5-22,28,34-35H,23-25H2,1-4H3/b21-20+,26-22-/t28-/m1/s1. The zero-order valence-electron chi connectivity index (χ0n) is 21.5. The molecule has 0 amide bonds. The molecule has 3 aromatic rings. The van der Waals surface area contributed by atoms with Crippen LogP contribution in [-0.2, 0) is 0 Å². The van der Waals surface area contributed by atoms with Crippen molar-refractivity contribution in [2.75, 3.05) is 6.16 Å². The summed E-state index contributed by atoms with van der Waals surface area (Å²) >= 11 is 0. The van der Waals surface area contributed by atoms with E-state index in [9.17, 15) is 5.11 Å². The Hall–Kier alpha value is -2.73.